The summed E-state index contributed by atoms with van der Waals surface area (Å²) in [7, 11) is 1.82. The van der Waals surface area contributed by atoms with E-state index in [1.165, 1.54) is 12.8 Å². The van der Waals surface area contributed by atoms with E-state index in [1.54, 1.807) is 0 Å². The van der Waals surface area contributed by atoms with Crippen LogP contribution in [0, 0.1) is 5.92 Å². The van der Waals surface area contributed by atoms with Crippen molar-refractivity contribution in [2.45, 2.75) is 50.4 Å². The van der Waals surface area contributed by atoms with E-state index in [0.29, 0.717) is 18.0 Å². The number of nitrogens with zero attached hydrogens (tertiary/aromatic N) is 1. The van der Waals surface area contributed by atoms with E-state index in [9.17, 15) is 13.2 Å². The van der Waals surface area contributed by atoms with Crippen molar-refractivity contribution in [1.82, 2.24) is 10.2 Å². The van der Waals surface area contributed by atoms with Crippen molar-refractivity contribution < 1.29 is 13.2 Å². The highest BCUT2D eigenvalue weighted by Crippen LogP contribution is 2.33. The van der Waals surface area contributed by atoms with Crippen LogP contribution in [0.25, 0.3) is 0 Å². The van der Waals surface area contributed by atoms with Gasteiger partial charge in [0, 0.05) is 18.6 Å². The Labute approximate surface area is 101 Å². The first-order chi connectivity index (χ1) is 7.96. The van der Waals surface area contributed by atoms with Gasteiger partial charge >= 0.3 is 6.18 Å². The molecule has 2 atom stereocenters. The topological polar surface area (TPSA) is 15.3 Å². The maximum Gasteiger partial charge on any atom is 0.390 e. The summed E-state index contributed by atoms with van der Waals surface area (Å²) in [5, 5.41) is 3.47. The second kappa shape index (κ2) is 5.14. The number of halogens is 3. The molecule has 2 nitrogen and oxygen atoms in total. The van der Waals surface area contributed by atoms with Gasteiger partial charge < -0.3 is 10.2 Å². The molecule has 0 radical (unpaired) electrons. The van der Waals surface area contributed by atoms with Gasteiger partial charge in [0.25, 0.3) is 0 Å². The molecule has 2 aliphatic rings. The Kier molecular flexibility index (Phi) is 3.98. The number of hydrogen-bond donors (Lipinski definition) is 1. The molecule has 0 saturated heterocycles. The van der Waals surface area contributed by atoms with Crippen LogP contribution in [0.4, 0.5) is 13.2 Å². The van der Waals surface area contributed by atoms with Crippen molar-refractivity contribution in [2.24, 2.45) is 5.92 Å². The van der Waals surface area contributed by atoms with E-state index in [2.05, 4.69) is 5.32 Å². The molecule has 0 aromatic carbocycles. The first-order valence-corrected chi connectivity index (χ1v) is 6.46. The minimum absolute atomic E-state index is 0.133. The van der Waals surface area contributed by atoms with Crippen molar-refractivity contribution in [1.29, 1.82) is 0 Å². The van der Waals surface area contributed by atoms with Crippen LogP contribution in [0.1, 0.15) is 32.1 Å². The predicted octanol–water partition coefficient (Wildman–Crippen LogP) is 2.40. The third-order valence-corrected chi connectivity index (χ3v) is 3.94. The van der Waals surface area contributed by atoms with Crippen molar-refractivity contribution in [3.63, 3.8) is 0 Å². The van der Waals surface area contributed by atoms with Crippen LogP contribution in [-0.2, 0) is 0 Å². The average Bonchev–Trinajstić information content (AvgIpc) is 2.96. The molecule has 2 aliphatic carbocycles. The second-order valence-corrected chi connectivity index (χ2v) is 5.43. The van der Waals surface area contributed by atoms with Crippen molar-refractivity contribution in [2.75, 3.05) is 20.1 Å². The van der Waals surface area contributed by atoms with Gasteiger partial charge in [-0.15, -0.1) is 0 Å². The first-order valence-electron chi connectivity index (χ1n) is 6.46. The third-order valence-electron chi connectivity index (χ3n) is 3.94. The molecule has 0 bridgehead atoms. The highest BCUT2D eigenvalue weighted by molar-refractivity contribution is 4.91. The molecular weight excluding hydrogens is 229 g/mol. The Hall–Kier alpha value is -0.290. The molecule has 5 heteroatoms. The van der Waals surface area contributed by atoms with Crippen LogP contribution in [0.15, 0.2) is 0 Å². The third kappa shape index (κ3) is 4.14. The summed E-state index contributed by atoms with van der Waals surface area (Å²) in [4.78, 5) is 1.89. The SMILES string of the molecule is CN(CCC(F)(F)F)C1CCC1CNC1CC1. The van der Waals surface area contributed by atoms with E-state index in [1.807, 2.05) is 11.9 Å². The van der Waals surface area contributed by atoms with Crippen LogP contribution in [0.3, 0.4) is 0 Å². The van der Waals surface area contributed by atoms with Gasteiger partial charge in [-0.25, -0.2) is 0 Å². The number of alkyl halides is 3. The summed E-state index contributed by atoms with van der Waals surface area (Å²) in [6.45, 7) is 1.11. The van der Waals surface area contributed by atoms with Gasteiger partial charge in [-0.05, 0) is 45.2 Å². The standard InChI is InChI=1S/C12H21F3N2/c1-17(7-6-12(13,14)15)11-5-2-9(11)8-16-10-3-4-10/h9-11,16H,2-8H2,1H3. The Morgan fingerprint density at radius 1 is 1.18 bits per heavy atom. The zero-order valence-electron chi connectivity index (χ0n) is 10.3. The number of hydrogen-bond acceptors (Lipinski definition) is 2. The van der Waals surface area contributed by atoms with Crippen LogP contribution >= 0.6 is 0 Å². The fourth-order valence-electron chi connectivity index (χ4n) is 2.44. The molecule has 0 aromatic rings. The smallest absolute Gasteiger partial charge is 0.314 e. The van der Waals surface area contributed by atoms with Gasteiger partial charge in [0.15, 0.2) is 0 Å². The summed E-state index contributed by atoms with van der Waals surface area (Å²) in [6, 6.07) is 1.04. The lowest BCUT2D eigenvalue weighted by atomic mass is 9.78. The zero-order valence-corrected chi connectivity index (χ0v) is 10.3. The van der Waals surface area contributed by atoms with Crippen LogP contribution in [-0.4, -0.2) is 43.3 Å². The minimum atomic E-state index is -4.03. The predicted molar refractivity (Wildman–Crippen MR) is 60.8 cm³/mol. The monoisotopic (exact) mass is 250 g/mol. The van der Waals surface area contributed by atoms with E-state index in [0.717, 1.165) is 19.4 Å². The van der Waals surface area contributed by atoms with Gasteiger partial charge in [-0.1, -0.05) is 0 Å². The van der Waals surface area contributed by atoms with Crippen LogP contribution < -0.4 is 5.32 Å². The van der Waals surface area contributed by atoms with E-state index in [4.69, 9.17) is 0 Å². The average molecular weight is 250 g/mol. The minimum Gasteiger partial charge on any atom is -0.314 e. The molecule has 0 spiro atoms. The largest absolute Gasteiger partial charge is 0.390 e. The molecule has 17 heavy (non-hydrogen) atoms. The normalized spacial score (nSPS) is 29.5. The molecule has 2 rings (SSSR count). The molecule has 0 aromatic heterocycles. The van der Waals surface area contributed by atoms with Crippen molar-refractivity contribution in [3.05, 3.63) is 0 Å². The van der Waals surface area contributed by atoms with E-state index >= 15 is 0 Å². The van der Waals surface area contributed by atoms with E-state index in [-0.39, 0.29) is 6.54 Å². The number of nitrogens with one attached hydrogen (secondary N) is 1. The number of rotatable bonds is 6. The lowest BCUT2D eigenvalue weighted by Gasteiger charge is -2.43. The molecule has 0 aliphatic heterocycles. The Balaban J connectivity index is 1.65. The van der Waals surface area contributed by atoms with Gasteiger partial charge in [0.1, 0.15) is 0 Å². The second-order valence-electron chi connectivity index (χ2n) is 5.43. The summed E-state index contributed by atoms with van der Waals surface area (Å²) < 4.78 is 36.4. The van der Waals surface area contributed by atoms with Crippen molar-refractivity contribution in [3.8, 4) is 0 Å². The molecule has 2 saturated carbocycles. The van der Waals surface area contributed by atoms with E-state index < -0.39 is 12.6 Å². The first kappa shape index (κ1) is 13.1. The maximum atomic E-state index is 12.1. The lowest BCUT2D eigenvalue weighted by molar-refractivity contribution is -0.140. The molecule has 2 unspecified atom stereocenters. The quantitative estimate of drug-likeness (QED) is 0.778. The molecule has 2 fully saturated rings. The van der Waals surface area contributed by atoms with Gasteiger partial charge in [0.05, 0.1) is 6.42 Å². The highest BCUT2D eigenvalue weighted by atomic mass is 19.4. The Bertz CT molecular complexity index is 251. The summed E-state index contributed by atoms with van der Waals surface area (Å²) in [5.74, 6) is 0.550. The molecule has 100 valence electrons. The highest BCUT2D eigenvalue weighted by Gasteiger charge is 2.36. The van der Waals surface area contributed by atoms with Gasteiger partial charge in [-0.2, -0.15) is 13.2 Å². The summed E-state index contributed by atoms with van der Waals surface area (Å²) in [5.41, 5.74) is 0. The van der Waals surface area contributed by atoms with Gasteiger partial charge in [-0.3, -0.25) is 0 Å². The molecule has 0 heterocycles. The molecule has 1 N–H and O–H groups in total. The lowest BCUT2D eigenvalue weighted by Crippen LogP contribution is -2.49. The summed E-state index contributed by atoms with van der Waals surface area (Å²) >= 11 is 0. The molecule has 0 amide bonds. The van der Waals surface area contributed by atoms with Gasteiger partial charge in [0.2, 0.25) is 0 Å². The Morgan fingerprint density at radius 3 is 2.35 bits per heavy atom. The van der Waals surface area contributed by atoms with Crippen LogP contribution in [0.5, 0.6) is 0 Å². The maximum absolute atomic E-state index is 12.1. The fraction of sp³-hybridized carbons (Fsp3) is 1.00. The zero-order chi connectivity index (χ0) is 12.5. The van der Waals surface area contributed by atoms with Crippen molar-refractivity contribution >= 4 is 0 Å². The Morgan fingerprint density at radius 2 is 1.88 bits per heavy atom. The molecular formula is C12H21F3N2. The summed E-state index contributed by atoms with van der Waals surface area (Å²) in [6.07, 6.45) is 0.0112. The van der Waals surface area contributed by atoms with Crippen LogP contribution in [0.2, 0.25) is 0 Å². The fourth-order valence-corrected chi connectivity index (χ4v) is 2.44.